The first-order chi connectivity index (χ1) is 9.13. The van der Waals surface area contributed by atoms with Crippen LogP contribution in [0.25, 0.3) is 0 Å². The maximum atomic E-state index is 12.6. The Labute approximate surface area is 118 Å². The molecular weight excluding hydrogens is 260 g/mol. The molecule has 0 heterocycles. The molecule has 102 valence electrons. The van der Waals surface area contributed by atoms with Crippen molar-refractivity contribution >= 4 is 23.2 Å². The zero-order valence-corrected chi connectivity index (χ0v) is 11.7. The third-order valence-corrected chi connectivity index (χ3v) is 4.12. The number of nitrogens with two attached hydrogens (primary N) is 1. The van der Waals surface area contributed by atoms with Gasteiger partial charge in [0, 0.05) is 23.8 Å². The van der Waals surface area contributed by atoms with Crippen LogP contribution in [0.3, 0.4) is 0 Å². The second-order valence-electron chi connectivity index (χ2n) is 5.83. The van der Waals surface area contributed by atoms with Gasteiger partial charge in [-0.3, -0.25) is 4.79 Å². The van der Waals surface area contributed by atoms with Gasteiger partial charge in [0.25, 0.3) is 5.91 Å². The molecule has 0 unspecified atom stereocenters. The van der Waals surface area contributed by atoms with Gasteiger partial charge < -0.3 is 10.6 Å². The van der Waals surface area contributed by atoms with Crippen LogP contribution in [-0.4, -0.2) is 23.9 Å². The Hall–Kier alpha value is -1.22. The monoisotopic (exact) mass is 278 g/mol. The van der Waals surface area contributed by atoms with Gasteiger partial charge >= 0.3 is 0 Å². The molecular formula is C15H19ClN2O. The number of hydrogen-bond donors (Lipinski definition) is 1. The van der Waals surface area contributed by atoms with E-state index >= 15 is 0 Å². The van der Waals surface area contributed by atoms with Crippen LogP contribution in [0.15, 0.2) is 18.2 Å². The van der Waals surface area contributed by atoms with Gasteiger partial charge in [0.05, 0.1) is 5.56 Å². The molecule has 3 rings (SSSR count). The van der Waals surface area contributed by atoms with Crippen molar-refractivity contribution in [3.8, 4) is 0 Å². The Balaban J connectivity index is 1.76. The summed E-state index contributed by atoms with van der Waals surface area (Å²) in [4.78, 5) is 14.6. The van der Waals surface area contributed by atoms with Crippen LogP contribution >= 0.6 is 11.6 Å². The van der Waals surface area contributed by atoms with Crippen molar-refractivity contribution < 1.29 is 4.79 Å². The Morgan fingerprint density at radius 3 is 2.26 bits per heavy atom. The molecule has 0 radical (unpaired) electrons. The van der Waals surface area contributed by atoms with Gasteiger partial charge in [-0.2, -0.15) is 0 Å². The normalized spacial score (nSPS) is 18.4. The van der Waals surface area contributed by atoms with Crippen molar-refractivity contribution in [2.24, 2.45) is 11.8 Å². The second kappa shape index (κ2) is 5.04. The highest BCUT2D eigenvalue weighted by Crippen LogP contribution is 2.34. The summed E-state index contributed by atoms with van der Waals surface area (Å²) in [5.74, 6) is 1.47. The van der Waals surface area contributed by atoms with E-state index in [0.717, 1.165) is 13.1 Å². The minimum atomic E-state index is 0.0629. The first-order valence-corrected chi connectivity index (χ1v) is 7.35. The molecule has 19 heavy (non-hydrogen) atoms. The third-order valence-electron chi connectivity index (χ3n) is 3.88. The predicted octanol–water partition coefficient (Wildman–Crippen LogP) is 3.18. The van der Waals surface area contributed by atoms with Crippen LogP contribution < -0.4 is 5.73 Å². The molecule has 0 spiro atoms. The van der Waals surface area contributed by atoms with Crippen molar-refractivity contribution in [2.75, 3.05) is 18.8 Å². The minimum Gasteiger partial charge on any atom is -0.398 e. The Morgan fingerprint density at radius 1 is 1.21 bits per heavy atom. The summed E-state index contributed by atoms with van der Waals surface area (Å²) < 4.78 is 0. The lowest BCUT2D eigenvalue weighted by atomic mass is 10.1. The number of halogens is 1. The van der Waals surface area contributed by atoms with Crippen LogP contribution in [0.4, 0.5) is 5.69 Å². The number of anilines is 1. The van der Waals surface area contributed by atoms with E-state index in [2.05, 4.69) is 0 Å². The minimum absolute atomic E-state index is 0.0629. The average Bonchev–Trinajstić information content (AvgIpc) is 3.22. The zero-order valence-electron chi connectivity index (χ0n) is 10.9. The van der Waals surface area contributed by atoms with E-state index in [1.165, 1.54) is 25.7 Å². The number of carbonyl (C=O) groups excluding carboxylic acids is 1. The van der Waals surface area contributed by atoms with Gasteiger partial charge in [0.2, 0.25) is 0 Å². The molecule has 2 N–H and O–H groups in total. The average molecular weight is 279 g/mol. The predicted molar refractivity (Wildman–Crippen MR) is 77.2 cm³/mol. The molecule has 1 amide bonds. The lowest BCUT2D eigenvalue weighted by molar-refractivity contribution is 0.0740. The highest BCUT2D eigenvalue weighted by atomic mass is 35.5. The fourth-order valence-corrected chi connectivity index (χ4v) is 2.54. The summed E-state index contributed by atoms with van der Waals surface area (Å²) in [5, 5.41) is 0.574. The van der Waals surface area contributed by atoms with E-state index in [1.807, 2.05) is 4.90 Å². The largest absolute Gasteiger partial charge is 0.398 e. The zero-order chi connectivity index (χ0) is 13.4. The topological polar surface area (TPSA) is 46.3 Å². The number of rotatable bonds is 5. The van der Waals surface area contributed by atoms with Crippen molar-refractivity contribution in [2.45, 2.75) is 25.7 Å². The lowest BCUT2D eigenvalue weighted by Gasteiger charge is -2.23. The number of nitrogen functional groups attached to an aromatic ring is 1. The Kier molecular flexibility index (Phi) is 3.40. The van der Waals surface area contributed by atoms with E-state index < -0.39 is 0 Å². The number of hydrogen-bond acceptors (Lipinski definition) is 2. The summed E-state index contributed by atoms with van der Waals surface area (Å²) in [5.41, 5.74) is 6.99. The van der Waals surface area contributed by atoms with E-state index in [0.29, 0.717) is 28.1 Å². The number of benzene rings is 1. The molecule has 2 saturated carbocycles. The quantitative estimate of drug-likeness (QED) is 0.841. The molecule has 0 aliphatic heterocycles. The number of amides is 1. The molecule has 0 saturated heterocycles. The SMILES string of the molecule is Nc1cc(Cl)ccc1C(=O)N(CC1CC1)CC1CC1. The highest BCUT2D eigenvalue weighted by molar-refractivity contribution is 6.31. The lowest BCUT2D eigenvalue weighted by Crippen LogP contribution is -2.35. The van der Waals surface area contributed by atoms with Gasteiger partial charge in [-0.15, -0.1) is 0 Å². The molecule has 2 aliphatic carbocycles. The summed E-state index contributed by atoms with van der Waals surface area (Å²) in [6, 6.07) is 5.13. The molecule has 2 aliphatic rings. The van der Waals surface area contributed by atoms with E-state index in [-0.39, 0.29) is 5.91 Å². The smallest absolute Gasteiger partial charge is 0.255 e. The second-order valence-corrected chi connectivity index (χ2v) is 6.26. The first-order valence-electron chi connectivity index (χ1n) is 6.98. The van der Waals surface area contributed by atoms with Crippen LogP contribution in [0.2, 0.25) is 5.02 Å². The maximum Gasteiger partial charge on any atom is 0.255 e. The Bertz CT molecular complexity index is 481. The van der Waals surface area contributed by atoms with E-state index in [1.54, 1.807) is 18.2 Å². The molecule has 0 atom stereocenters. The van der Waals surface area contributed by atoms with Gasteiger partial charge in [0.15, 0.2) is 0 Å². The highest BCUT2D eigenvalue weighted by Gasteiger charge is 2.32. The van der Waals surface area contributed by atoms with E-state index in [4.69, 9.17) is 17.3 Å². The van der Waals surface area contributed by atoms with Crippen molar-refractivity contribution in [3.63, 3.8) is 0 Å². The van der Waals surface area contributed by atoms with Crippen molar-refractivity contribution in [3.05, 3.63) is 28.8 Å². The van der Waals surface area contributed by atoms with Crippen LogP contribution in [0.5, 0.6) is 0 Å². The number of carbonyl (C=O) groups is 1. The van der Waals surface area contributed by atoms with Crippen LogP contribution in [-0.2, 0) is 0 Å². The summed E-state index contributed by atoms with van der Waals surface area (Å²) in [7, 11) is 0. The molecule has 2 fully saturated rings. The fraction of sp³-hybridized carbons (Fsp3) is 0.533. The van der Waals surface area contributed by atoms with Gasteiger partial charge in [-0.25, -0.2) is 0 Å². The maximum absolute atomic E-state index is 12.6. The van der Waals surface area contributed by atoms with Crippen LogP contribution in [0.1, 0.15) is 36.0 Å². The fourth-order valence-electron chi connectivity index (χ4n) is 2.36. The van der Waals surface area contributed by atoms with Gasteiger partial charge in [-0.1, -0.05) is 11.6 Å². The first kappa shape index (κ1) is 12.8. The van der Waals surface area contributed by atoms with Crippen molar-refractivity contribution in [1.29, 1.82) is 0 Å². The van der Waals surface area contributed by atoms with Gasteiger partial charge in [-0.05, 0) is 55.7 Å². The van der Waals surface area contributed by atoms with Crippen LogP contribution in [0, 0.1) is 11.8 Å². The third kappa shape index (κ3) is 3.21. The number of nitrogens with zero attached hydrogens (tertiary/aromatic N) is 1. The summed E-state index contributed by atoms with van der Waals surface area (Å²) in [6.07, 6.45) is 5.02. The van der Waals surface area contributed by atoms with Gasteiger partial charge in [0.1, 0.15) is 0 Å². The standard InChI is InChI=1S/C15H19ClN2O/c16-12-5-6-13(14(17)7-12)15(19)18(8-10-1-2-10)9-11-3-4-11/h5-7,10-11H,1-4,8-9,17H2. The molecule has 3 nitrogen and oxygen atoms in total. The molecule has 0 aromatic heterocycles. The Morgan fingerprint density at radius 2 is 1.79 bits per heavy atom. The van der Waals surface area contributed by atoms with Crippen molar-refractivity contribution in [1.82, 2.24) is 4.90 Å². The summed E-state index contributed by atoms with van der Waals surface area (Å²) in [6.45, 7) is 1.77. The molecule has 0 bridgehead atoms. The van der Waals surface area contributed by atoms with E-state index in [9.17, 15) is 4.79 Å². The molecule has 1 aromatic carbocycles. The molecule has 4 heteroatoms. The molecule has 1 aromatic rings. The summed E-state index contributed by atoms with van der Waals surface area (Å²) >= 11 is 5.88.